The fraction of sp³-hybridized carbons (Fsp3) is 0.381. The molecule has 1 N–H and O–H groups in total. The minimum atomic E-state index is 0.0286. The highest BCUT2D eigenvalue weighted by Crippen LogP contribution is 2.36. The SMILES string of the molecule is O=C(NCc1ccccc1)N1CCN(C2CCOc3ccccc32)CC1. The fourth-order valence-corrected chi connectivity index (χ4v) is 3.82. The van der Waals surface area contributed by atoms with Gasteiger partial charge in [-0.1, -0.05) is 48.5 Å². The number of benzene rings is 2. The average molecular weight is 351 g/mol. The molecule has 1 atom stereocenters. The van der Waals surface area contributed by atoms with Gasteiger partial charge in [0.05, 0.1) is 6.61 Å². The maximum atomic E-state index is 12.4. The summed E-state index contributed by atoms with van der Waals surface area (Å²) in [6.45, 7) is 4.67. The third-order valence-corrected chi connectivity index (χ3v) is 5.26. The summed E-state index contributed by atoms with van der Waals surface area (Å²) in [7, 11) is 0. The number of hydrogen-bond donors (Lipinski definition) is 1. The van der Waals surface area contributed by atoms with Crippen LogP contribution in [0.15, 0.2) is 54.6 Å². The highest BCUT2D eigenvalue weighted by atomic mass is 16.5. The number of nitrogens with zero attached hydrogens (tertiary/aromatic N) is 2. The van der Waals surface area contributed by atoms with Crippen molar-refractivity contribution in [1.82, 2.24) is 15.1 Å². The number of para-hydroxylation sites is 1. The molecule has 0 bridgehead atoms. The zero-order valence-electron chi connectivity index (χ0n) is 14.9. The Bertz CT molecular complexity index is 742. The second-order valence-corrected chi connectivity index (χ2v) is 6.86. The topological polar surface area (TPSA) is 44.8 Å². The molecule has 1 saturated heterocycles. The van der Waals surface area contributed by atoms with E-state index >= 15 is 0 Å². The minimum Gasteiger partial charge on any atom is -0.493 e. The molecule has 4 rings (SSSR count). The van der Waals surface area contributed by atoms with Crippen LogP contribution in [-0.2, 0) is 6.54 Å². The van der Waals surface area contributed by atoms with Crippen molar-refractivity contribution in [3.63, 3.8) is 0 Å². The highest BCUT2D eigenvalue weighted by molar-refractivity contribution is 5.74. The molecule has 136 valence electrons. The summed E-state index contributed by atoms with van der Waals surface area (Å²) in [5.74, 6) is 1.01. The lowest BCUT2D eigenvalue weighted by molar-refractivity contribution is 0.0853. The van der Waals surface area contributed by atoms with Crippen LogP contribution in [0.5, 0.6) is 5.75 Å². The van der Waals surface area contributed by atoms with Crippen molar-refractivity contribution in [2.75, 3.05) is 32.8 Å². The molecule has 0 saturated carbocycles. The number of hydrogen-bond acceptors (Lipinski definition) is 3. The van der Waals surface area contributed by atoms with Gasteiger partial charge in [0, 0.05) is 50.7 Å². The van der Waals surface area contributed by atoms with Crippen molar-refractivity contribution < 1.29 is 9.53 Å². The zero-order chi connectivity index (χ0) is 17.8. The summed E-state index contributed by atoms with van der Waals surface area (Å²) >= 11 is 0. The van der Waals surface area contributed by atoms with Crippen LogP contribution in [0, 0.1) is 0 Å². The first kappa shape index (κ1) is 16.9. The molecule has 2 aromatic carbocycles. The minimum absolute atomic E-state index is 0.0286. The van der Waals surface area contributed by atoms with Crippen molar-refractivity contribution in [2.45, 2.75) is 19.0 Å². The molecule has 26 heavy (non-hydrogen) atoms. The molecule has 0 radical (unpaired) electrons. The Labute approximate surface area is 154 Å². The normalized spacial score (nSPS) is 20.2. The summed E-state index contributed by atoms with van der Waals surface area (Å²) in [6, 6.07) is 18.8. The predicted molar refractivity (Wildman–Crippen MR) is 101 cm³/mol. The Morgan fingerprint density at radius 1 is 1.00 bits per heavy atom. The molecule has 1 fully saturated rings. The van der Waals surface area contributed by atoms with Gasteiger partial charge in [-0.15, -0.1) is 0 Å². The van der Waals surface area contributed by atoms with Gasteiger partial charge in [0.25, 0.3) is 0 Å². The van der Waals surface area contributed by atoms with E-state index in [0.29, 0.717) is 12.6 Å². The van der Waals surface area contributed by atoms with E-state index < -0.39 is 0 Å². The first-order valence-electron chi connectivity index (χ1n) is 9.34. The molecule has 0 aliphatic carbocycles. The molecular weight excluding hydrogens is 326 g/mol. The Hall–Kier alpha value is -2.53. The summed E-state index contributed by atoms with van der Waals surface area (Å²) in [6.07, 6.45) is 1.01. The molecule has 5 heteroatoms. The predicted octanol–water partition coefficient (Wildman–Crippen LogP) is 3.04. The molecule has 2 amide bonds. The molecule has 2 aliphatic heterocycles. The zero-order valence-corrected chi connectivity index (χ0v) is 14.9. The van der Waals surface area contributed by atoms with Crippen molar-refractivity contribution in [3.05, 3.63) is 65.7 Å². The van der Waals surface area contributed by atoms with E-state index in [0.717, 1.165) is 50.5 Å². The first-order valence-corrected chi connectivity index (χ1v) is 9.34. The van der Waals surface area contributed by atoms with E-state index in [-0.39, 0.29) is 6.03 Å². The van der Waals surface area contributed by atoms with Gasteiger partial charge in [-0.2, -0.15) is 0 Å². The maximum absolute atomic E-state index is 12.4. The Balaban J connectivity index is 1.31. The summed E-state index contributed by atoms with van der Waals surface area (Å²) in [4.78, 5) is 16.8. The lowest BCUT2D eigenvalue weighted by Gasteiger charge is -2.41. The summed E-state index contributed by atoms with van der Waals surface area (Å²) < 4.78 is 5.78. The van der Waals surface area contributed by atoms with E-state index in [4.69, 9.17) is 4.74 Å². The summed E-state index contributed by atoms with van der Waals surface area (Å²) in [5, 5.41) is 3.03. The second kappa shape index (κ2) is 7.79. The van der Waals surface area contributed by atoms with Crippen molar-refractivity contribution in [2.24, 2.45) is 0 Å². The number of nitrogens with one attached hydrogen (secondary N) is 1. The molecule has 5 nitrogen and oxygen atoms in total. The lowest BCUT2D eigenvalue weighted by atomic mass is 9.98. The number of rotatable bonds is 3. The quantitative estimate of drug-likeness (QED) is 0.924. The summed E-state index contributed by atoms with van der Waals surface area (Å²) in [5.41, 5.74) is 2.40. The Morgan fingerprint density at radius 3 is 2.54 bits per heavy atom. The molecule has 2 heterocycles. The monoisotopic (exact) mass is 351 g/mol. The molecule has 1 unspecified atom stereocenters. The van der Waals surface area contributed by atoms with Crippen LogP contribution in [0.4, 0.5) is 4.79 Å². The number of carbonyl (C=O) groups is 1. The first-order chi connectivity index (χ1) is 12.8. The van der Waals surface area contributed by atoms with Gasteiger partial charge in [-0.3, -0.25) is 4.90 Å². The van der Waals surface area contributed by atoms with Crippen LogP contribution >= 0.6 is 0 Å². The number of piperazine rings is 1. The highest BCUT2D eigenvalue weighted by Gasteiger charge is 2.30. The van der Waals surface area contributed by atoms with Crippen molar-refractivity contribution in [3.8, 4) is 5.75 Å². The van der Waals surface area contributed by atoms with E-state index in [1.807, 2.05) is 41.3 Å². The third-order valence-electron chi connectivity index (χ3n) is 5.26. The molecule has 0 spiro atoms. The smallest absolute Gasteiger partial charge is 0.317 e. The van der Waals surface area contributed by atoms with E-state index in [9.17, 15) is 4.79 Å². The fourth-order valence-electron chi connectivity index (χ4n) is 3.82. The van der Waals surface area contributed by atoms with Crippen LogP contribution < -0.4 is 10.1 Å². The van der Waals surface area contributed by atoms with Gasteiger partial charge >= 0.3 is 6.03 Å². The van der Waals surface area contributed by atoms with Crippen molar-refractivity contribution in [1.29, 1.82) is 0 Å². The number of ether oxygens (including phenoxy) is 1. The molecular formula is C21H25N3O2. The number of carbonyl (C=O) groups excluding carboxylic acids is 1. The van der Waals surface area contributed by atoms with Crippen LogP contribution in [0.2, 0.25) is 0 Å². The molecule has 0 aromatic heterocycles. The van der Waals surface area contributed by atoms with Crippen LogP contribution in [0.1, 0.15) is 23.6 Å². The number of amides is 2. The average Bonchev–Trinajstić information content (AvgIpc) is 2.72. The van der Waals surface area contributed by atoms with Gasteiger partial charge in [0.2, 0.25) is 0 Å². The van der Waals surface area contributed by atoms with Gasteiger partial charge in [-0.25, -0.2) is 4.79 Å². The van der Waals surface area contributed by atoms with Gasteiger partial charge in [0.1, 0.15) is 5.75 Å². The Morgan fingerprint density at radius 2 is 1.73 bits per heavy atom. The lowest BCUT2D eigenvalue weighted by Crippen LogP contribution is -2.52. The number of fused-ring (bicyclic) bond motifs is 1. The standard InChI is InChI=1S/C21H25N3O2/c25-21(22-16-17-6-2-1-3-7-17)24-13-11-23(12-14-24)19-10-15-26-20-9-5-4-8-18(19)20/h1-9,19H,10-16H2,(H,22,25). The van der Waals surface area contributed by atoms with Crippen LogP contribution in [-0.4, -0.2) is 48.6 Å². The maximum Gasteiger partial charge on any atom is 0.317 e. The molecule has 2 aliphatic rings. The van der Waals surface area contributed by atoms with Crippen LogP contribution in [0.3, 0.4) is 0 Å². The van der Waals surface area contributed by atoms with Gasteiger partial charge in [0.15, 0.2) is 0 Å². The van der Waals surface area contributed by atoms with E-state index in [2.05, 4.69) is 28.4 Å². The Kier molecular flexibility index (Phi) is 5.07. The van der Waals surface area contributed by atoms with Gasteiger partial charge in [-0.05, 0) is 11.6 Å². The largest absolute Gasteiger partial charge is 0.493 e. The molecule has 2 aromatic rings. The second-order valence-electron chi connectivity index (χ2n) is 6.86. The van der Waals surface area contributed by atoms with E-state index in [1.165, 1.54) is 5.56 Å². The third kappa shape index (κ3) is 3.68. The van der Waals surface area contributed by atoms with Crippen LogP contribution in [0.25, 0.3) is 0 Å². The van der Waals surface area contributed by atoms with E-state index in [1.54, 1.807) is 0 Å². The number of urea groups is 1. The van der Waals surface area contributed by atoms with Gasteiger partial charge < -0.3 is 15.0 Å². The van der Waals surface area contributed by atoms with Crippen molar-refractivity contribution >= 4 is 6.03 Å².